The van der Waals surface area contributed by atoms with Crippen molar-refractivity contribution in [3.05, 3.63) is 57.5 Å². The fourth-order valence-corrected chi connectivity index (χ4v) is 7.09. The summed E-state index contributed by atoms with van der Waals surface area (Å²) in [5.41, 5.74) is 0.891. The van der Waals surface area contributed by atoms with Crippen LogP contribution in [0.25, 0.3) is 10.2 Å². The molecule has 25 heavy (non-hydrogen) atoms. The van der Waals surface area contributed by atoms with Crippen LogP contribution in [0.1, 0.15) is 23.9 Å². The van der Waals surface area contributed by atoms with Crippen LogP contribution in [0.2, 0.25) is 10.0 Å². The molecule has 1 atom stereocenters. The lowest BCUT2D eigenvalue weighted by atomic mass is 10.2. The van der Waals surface area contributed by atoms with Crippen LogP contribution in [0.5, 0.6) is 0 Å². The molecule has 3 aromatic rings. The molecule has 0 N–H and O–H groups in total. The van der Waals surface area contributed by atoms with E-state index in [0.29, 0.717) is 6.54 Å². The molecule has 0 saturated carbocycles. The number of hydrogen-bond acceptors (Lipinski definition) is 4. The predicted octanol–water partition coefficient (Wildman–Crippen LogP) is 5.13. The highest BCUT2D eigenvalue weighted by atomic mass is 35.5. The van der Waals surface area contributed by atoms with E-state index in [0.717, 1.165) is 28.1 Å². The predicted molar refractivity (Wildman–Crippen MR) is 102 cm³/mol. The number of benzene rings is 2. The number of halogens is 2. The summed E-state index contributed by atoms with van der Waals surface area (Å²) in [4.78, 5) is 4.62. The average Bonchev–Trinajstić information content (AvgIpc) is 3.21. The summed E-state index contributed by atoms with van der Waals surface area (Å²) in [6.45, 7) is 0.435. The van der Waals surface area contributed by atoms with Gasteiger partial charge in [0.05, 0.1) is 26.3 Å². The maximum atomic E-state index is 13.2. The molecule has 0 radical (unpaired) electrons. The first-order valence-electron chi connectivity index (χ1n) is 7.80. The van der Waals surface area contributed by atoms with E-state index in [2.05, 4.69) is 4.98 Å². The lowest BCUT2D eigenvalue weighted by Crippen LogP contribution is -2.31. The van der Waals surface area contributed by atoms with Gasteiger partial charge in [0.25, 0.3) is 0 Å². The second kappa shape index (κ2) is 6.52. The molecule has 1 aliphatic heterocycles. The fraction of sp³-hybridized carbons (Fsp3) is 0.235. The zero-order valence-corrected chi connectivity index (χ0v) is 16.2. The highest BCUT2D eigenvalue weighted by Gasteiger charge is 2.39. The van der Waals surface area contributed by atoms with Crippen LogP contribution in [-0.2, 0) is 10.0 Å². The van der Waals surface area contributed by atoms with E-state index in [4.69, 9.17) is 23.2 Å². The van der Waals surface area contributed by atoms with Crippen molar-refractivity contribution in [2.45, 2.75) is 23.8 Å². The first-order valence-corrected chi connectivity index (χ1v) is 10.8. The van der Waals surface area contributed by atoms with Gasteiger partial charge < -0.3 is 0 Å². The maximum absolute atomic E-state index is 13.2. The molecule has 130 valence electrons. The van der Waals surface area contributed by atoms with Gasteiger partial charge in [-0.05, 0) is 37.1 Å². The first-order chi connectivity index (χ1) is 12.0. The molecular weight excluding hydrogens is 399 g/mol. The SMILES string of the molecule is O=S(=O)(c1c(Cl)cccc1Cl)N1CCC[C@@H]1c1nc2ccccc2s1. The van der Waals surface area contributed by atoms with E-state index < -0.39 is 10.0 Å². The molecule has 2 heterocycles. The number of sulfonamides is 1. The van der Waals surface area contributed by atoms with Gasteiger partial charge in [-0.3, -0.25) is 0 Å². The highest BCUT2D eigenvalue weighted by molar-refractivity contribution is 7.89. The van der Waals surface area contributed by atoms with E-state index in [-0.39, 0.29) is 21.0 Å². The highest BCUT2D eigenvalue weighted by Crippen LogP contribution is 2.42. The van der Waals surface area contributed by atoms with Crippen molar-refractivity contribution >= 4 is 54.8 Å². The summed E-state index contributed by atoms with van der Waals surface area (Å²) in [6, 6.07) is 12.3. The summed E-state index contributed by atoms with van der Waals surface area (Å²) in [5, 5.41) is 1.09. The molecule has 8 heteroatoms. The van der Waals surface area contributed by atoms with E-state index in [1.807, 2.05) is 24.3 Å². The monoisotopic (exact) mass is 412 g/mol. The van der Waals surface area contributed by atoms with Gasteiger partial charge in [-0.15, -0.1) is 11.3 Å². The quantitative estimate of drug-likeness (QED) is 0.598. The van der Waals surface area contributed by atoms with Crippen LogP contribution in [0.15, 0.2) is 47.4 Å². The number of para-hydroxylation sites is 1. The molecule has 1 aromatic heterocycles. The summed E-state index contributed by atoms with van der Waals surface area (Å²) in [7, 11) is -3.80. The summed E-state index contributed by atoms with van der Waals surface area (Å²) < 4.78 is 29.0. The van der Waals surface area contributed by atoms with Crippen molar-refractivity contribution < 1.29 is 8.42 Å². The Morgan fingerprint density at radius 3 is 2.52 bits per heavy atom. The van der Waals surface area contributed by atoms with Crippen LogP contribution < -0.4 is 0 Å². The number of hydrogen-bond donors (Lipinski definition) is 0. The number of thiazole rings is 1. The van der Waals surface area contributed by atoms with Crippen molar-refractivity contribution in [3.63, 3.8) is 0 Å². The van der Waals surface area contributed by atoms with E-state index >= 15 is 0 Å². The molecule has 0 unspecified atom stereocenters. The molecule has 4 rings (SSSR count). The molecule has 0 aliphatic carbocycles. The molecule has 4 nitrogen and oxygen atoms in total. The van der Waals surface area contributed by atoms with Crippen LogP contribution >= 0.6 is 34.5 Å². The molecule has 0 spiro atoms. The van der Waals surface area contributed by atoms with Crippen LogP contribution in [-0.4, -0.2) is 24.3 Å². The third kappa shape index (κ3) is 2.96. The van der Waals surface area contributed by atoms with Crippen LogP contribution in [0.3, 0.4) is 0 Å². The molecular formula is C17H14Cl2N2O2S2. The van der Waals surface area contributed by atoms with Gasteiger partial charge in [0.2, 0.25) is 10.0 Å². The minimum absolute atomic E-state index is 0.0219. The van der Waals surface area contributed by atoms with Gasteiger partial charge in [0.15, 0.2) is 0 Å². The lowest BCUT2D eigenvalue weighted by molar-refractivity contribution is 0.396. The van der Waals surface area contributed by atoms with Gasteiger partial charge in [-0.2, -0.15) is 4.31 Å². The molecule has 1 fully saturated rings. The summed E-state index contributed by atoms with van der Waals surface area (Å²) in [6.07, 6.45) is 1.52. The number of nitrogens with zero attached hydrogens (tertiary/aromatic N) is 2. The average molecular weight is 413 g/mol. The Hall–Kier alpha value is -1.18. The van der Waals surface area contributed by atoms with Crippen molar-refractivity contribution in [1.82, 2.24) is 9.29 Å². The van der Waals surface area contributed by atoms with Crippen LogP contribution in [0, 0.1) is 0 Å². The Morgan fingerprint density at radius 2 is 1.80 bits per heavy atom. The Kier molecular flexibility index (Phi) is 4.50. The number of rotatable bonds is 3. The third-order valence-corrected chi connectivity index (χ3v) is 8.29. The Labute approximate surface area is 160 Å². The second-order valence-corrected chi connectivity index (χ2v) is 9.55. The first kappa shape index (κ1) is 17.2. The molecule has 0 bridgehead atoms. The van der Waals surface area contributed by atoms with Crippen molar-refractivity contribution in [1.29, 1.82) is 0 Å². The molecule has 1 saturated heterocycles. The van der Waals surface area contributed by atoms with Crippen molar-refractivity contribution in [2.75, 3.05) is 6.54 Å². The van der Waals surface area contributed by atoms with Gasteiger partial charge in [-0.1, -0.05) is 41.4 Å². The van der Waals surface area contributed by atoms with E-state index in [9.17, 15) is 8.42 Å². The lowest BCUT2D eigenvalue weighted by Gasteiger charge is -2.23. The third-order valence-electron chi connectivity index (χ3n) is 4.28. The minimum Gasteiger partial charge on any atom is -0.239 e. The van der Waals surface area contributed by atoms with E-state index in [1.54, 1.807) is 18.2 Å². The normalized spacial score (nSPS) is 18.9. The summed E-state index contributed by atoms with van der Waals surface area (Å²) >= 11 is 13.8. The Bertz CT molecular complexity index is 996. The van der Waals surface area contributed by atoms with Crippen molar-refractivity contribution in [3.8, 4) is 0 Å². The maximum Gasteiger partial charge on any atom is 0.246 e. The van der Waals surface area contributed by atoms with E-state index in [1.165, 1.54) is 15.6 Å². The minimum atomic E-state index is -3.80. The number of aromatic nitrogens is 1. The molecule has 1 aliphatic rings. The second-order valence-electron chi connectivity index (χ2n) is 5.84. The molecule has 0 amide bonds. The number of fused-ring (bicyclic) bond motifs is 1. The summed E-state index contributed by atoms with van der Waals surface area (Å²) in [5.74, 6) is 0. The van der Waals surface area contributed by atoms with Gasteiger partial charge in [0, 0.05) is 6.54 Å². The topological polar surface area (TPSA) is 50.3 Å². The smallest absolute Gasteiger partial charge is 0.239 e. The molecule has 2 aromatic carbocycles. The Balaban J connectivity index is 1.78. The van der Waals surface area contributed by atoms with Gasteiger partial charge in [0.1, 0.15) is 9.90 Å². The van der Waals surface area contributed by atoms with Gasteiger partial charge >= 0.3 is 0 Å². The standard InChI is InChI=1S/C17H14Cl2N2O2S2/c18-11-5-3-6-12(19)16(11)25(22,23)21-10-4-8-14(21)17-20-13-7-1-2-9-15(13)24-17/h1-3,5-7,9,14H,4,8,10H2/t14-/m1/s1. The largest absolute Gasteiger partial charge is 0.246 e. The Morgan fingerprint density at radius 1 is 1.08 bits per heavy atom. The zero-order valence-electron chi connectivity index (χ0n) is 13.0. The van der Waals surface area contributed by atoms with Gasteiger partial charge in [-0.25, -0.2) is 13.4 Å². The van der Waals surface area contributed by atoms with Crippen molar-refractivity contribution in [2.24, 2.45) is 0 Å². The zero-order chi connectivity index (χ0) is 17.6. The fourth-order valence-electron chi connectivity index (χ4n) is 3.15. The van der Waals surface area contributed by atoms with Crippen LogP contribution in [0.4, 0.5) is 0 Å².